The number of rotatable bonds is 1. The fourth-order valence-electron chi connectivity index (χ4n) is 2.15. The smallest absolute Gasteiger partial charge is 0.280 e. The number of fused-ring (bicyclic) bond motifs is 1. The van der Waals surface area contributed by atoms with E-state index in [-0.39, 0.29) is 15.4 Å². The maximum Gasteiger partial charge on any atom is 0.280 e. The Morgan fingerprint density at radius 1 is 1.28 bits per heavy atom. The molecule has 2 unspecified atom stereocenters. The molecule has 0 bridgehead atoms. The van der Waals surface area contributed by atoms with Gasteiger partial charge in [-0.1, -0.05) is 44.8 Å². The van der Waals surface area contributed by atoms with Crippen molar-refractivity contribution in [3.05, 3.63) is 42.5 Å². The molecule has 2 heterocycles. The average Bonchev–Trinajstić information content (AvgIpc) is 2.74. The molecule has 0 amide bonds. The monoisotopic (exact) mass is 304 g/mol. The number of amidine groups is 2. The van der Waals surface area contributed by atoms with Gasteiger partial charge >= 0.3 is 0 Å². The van der Waals surface area contributed by atoms with Crippen LogP contribution in [0.3, 0.4) is 0 Å². The Kier molecular flexibility index (Phi) is 2.42. The number of halogens is 1. The summed E-state index contributed by atoms with van der Waals surface area (Å²) in [7, 11) is 0. The molecule has 0 radical (unpaired) electrons. The number of nitrogens with two attached hydrogens (primary N) is 1. The number of para-hydroxylation sites is 1. The Morgan fingerprint density at radius 2 is 2.00 bits per heavy atom. The molecule has 90 valence electrons. The summed E-state index contributed by atoms with van der Waals surface area (Å²) in [6.07, 6.45) is 3.72. The van der Waals surface area contributed by atoms with Crippen LogP contribution in [-0.4, -0.2) is 22.5 Å². The molecular formula is C12H11BrN5+. The second kappa shape index (κ2) is 3.86. The van der Waals surface area contributed by atoms with Crippen molar-refractivity contribution in [1.29, 1.82) is 5.41 Å². The highest BCUT2D eigenvalue weighted by Gasteiger charge is 2.50. The van der Waals surface area contributed by atoms with Crippen molar-refractivity contribution in [2.45, 2.75) is 4.83 Å². The molecule has 1 aromatic carbocycles. The van der Waals surface area contributed by atoms with Gasteiger partial charge in [0.2, 0.25) is 0 Å². The number of nitrogens with one attached hydrogen (secondary N) is 1. The topological polar surface area (TPSA) is 74.6 Å². The number of guanidine groups is 1. The van der Waals surface area contributed by atoms with Crippen LogP contribution >= 0.6 is 15.9 Å². The van der Waals surface area contributed by atoms with E-state index in [4.69, 9.17) is 11.1 Å². The zero-order chi connectivity index (χ0) is 12.8. The summed E-state index contributed by atoms with van der Waals surface area (Å²) in [5.74, 6) is 1.23. The molecule has 0 saturated heterocycles. The van der Waals surface area contributed by atoms with Crippen LogP contribution in [0.1, 0.15) is 0 Å². The van der Waals surface area contributed by atoms with Crippen LogP contribution in [0.5, 0.6) is 0 Å². The van der Waals surface area contributed by atoms with E-state index in [2.05, 4.69) is 26.0 Å². The first-order valence-electron chi connectivity index (χ1n) is 5.45. The van der Waals surface area contributed by atoms with Gasteiger partial charge in [-0.25, -0.2) is 0 Å². The van der Waals surface area contributed by atoms with Crippen molar-refractivity contribution in [3.8, 4) is 0 Å². The minimum absolute atomic E-state index is 0.0703. The lowest BCUT2D eigenvalue weighted by atomic mass is 10.1. The van der Waals surface area contributed by atoms with Crippen LogP contribution in [-0.2, 0) is 0 Å². The molecule has 18 heavy (non-hydrogen) atoms. The standard InChI is InChI=1S/C12H11BrN5/c13-9-6-7-10-16-12(15)17-18(10,11(9)14)8-4-2-1-3-5-8/h1-7,9,14H,(H2,15,17)/q+1. The minimum atomic E-state index is -0.175. The molecule has 0 fully saturated rings. The number of aliphatic imine (C=N–C) groups is 1. The van der Waals surface area contributed by atoms with Gasteiger partial charge in [-0.3, -0.25) is 5.41 Å². The highest BCUT2D eigenvalue weighted by atomic mass is 79.9. The van der Waals surface area contributed by atoms with E-state index in [0.29, 0.717) is 11.7 Å². The van der Waals surface area contributed by atoms with Gasteiger partial charge in [-0.15, -0.1) is 0 Å². The molecule has 6 heteroatoms. The molecule has 0 saturated carbocycles. The lowest BCUT2D eigenvalue weighted by Gasteiger charge is -2.30. The number of nitrogens with zero attached hydrogens (tertiary/aromatic N) is 3. The van der Waals surface area contributed by atoms with E-state index in [0.717, 1.165) is 5.69 Å². The van der Waals surface area contributed by atoms with E-state index in [9.17, 15) is 0 Å². The lowest BCUT2D eigenvalue weighted by Crippen LogP contribution is -2.56. The largest absolute Gasteiger partial charge is 0.363 e. The summed E-state index contributed by atoms with van der Waals surface area (Å²) in [6.45, 7) is 0. The van der Waals surface area contributed by atoms with Gasteiger partial charge in [0.25, 0.3) is 17.6 Å². The maximum atomic E-state index is 8.33. The predicted octanol–water partition coefficient (Wildman–Crippen LogP) is 1.95. The van der Waals surface area contributed by atoms with E-state index < -0.39 is 0 Å². The van der Waals surface area contributed by atoms with Crippen molar-refractivity contribution in [1.82, 2.24) is 4.59 Å². The molecule has 0 aromatic heterocycles. The summed E-state index contributed by atoms with van der Waals surface area (Å²) in [5.41, 5.74) is 6.58. The molecular weight excluding hydrogens is 294 g/mol. The van der Waals surface area contributed by atoms with Gasteiger partial charge in [0.15, 0.2) is 5.69 Å². The SMILES string of the molecule is N=C1C(Br)C=CC2=NC(N)=N[N+]12c1ccccc1. The van der Waals surface area contributed by atoms with Crippen LogP contribution in [0.2, 0.25) is 0 Å². The van der Waals surface area contributed by atoms with E-state index in [1.165, 1.54) is 0 Å². The third-order valence-electron chi connectivity index (χ3n) is 2.97. The average molecular weight is 305 g/mol. The number of benzene rings is 1. The zero-order valence-electron chi connectivity index (χ0n) is 9.42. The third kappa shape index (κ3) is 1.39. The fourth-order valence-corrected chi connectivity index (χ4v) is 2.60. The van der Waals surface area contributed by atoms with E-state index in [1.807, 2.05) is 42.5 Å². The molecule has 3 rings (SSSR count). The maximum absolute atomic E-state index is 8.33. The van der Waals surface area contributed by atoms with Crippen molar-refractivity contribution in [2.24, 2.45) is 15.8 Å². The summed E-state index contributed by atoms with van der Waals surface area (Å²) < 4.78 is -0.0703. The fraction of sp³-hybridized carbons (Fsp3) is 0.0833. The quantitative estimate of drug-likeness (QED) is 0.604. The van der Waals surface area contributed by atoms with Crippen molar-refractivity contribution in [2.75, 3.05) is 0 Å². The first kappa shape index (κ1) is 11.3. The molecule has 0 aliphatic carbocycles. The van der Waals surface area contributed by atoms with Gasteiger partial charge < -0.3 is 5.73 Å². The van der Waals surface area contributed by atoms with E-state index >= 15 is 0 Å². The molecule has 2 aliphatic rings. The number of alkyl halides is 1. The molecule has 2 atom stereocenters. The van der Waals surface area contributed by atoms with Crippen molar-refractivity contribution in [3.63, 3.8) is 0 Å². The first-order valence-corrected chi connectivity index (χ1v) is 6.37. The Balaban J connectivity index is 2.27. The Labute approximate surface area is 113 Å². The van der Waals surface area contributed by atoms with Gasteiger partial charge in [0, 0.05) is 18.2 Å². The Morgan fingerprint density at radius 3 is 2.72 bits per heavy atom. The molecule has 5 nitrogen and oxygen atoms in total. The van der Waals surface area contributed by atoms with Crippen LogP contribution in [0, 0.1) is 5.41 Å². The second-order valence-electron chi connectivity index (χ2n) is 4.05. The van der Waals surface area contributed by atoms with E-state index in [1.54, 1.807) is 0 Å². The Bertz CT molecular complexity index is 604. The molecule has 2 aliphatic heterocycles. The highest BCUT2D eigenvalue weighted by molar-refractivity contribution is 9.10. The summed E-state index contributed by atoms with van der Waals surface area (Å²) in [5, 5.41) is 12.7. The van der Waals surface area contributed by atoms with Crippen LogP contribution in [0.4, 0.5) is 5.69 Å². The van der Waals surface area contributed by atoms with Gasteiger partial charge in [0.1, 0.15) is 4.83 Å². The molecule has 3 N–H and O–H groups in total. The van der Waals surface area contributed by atoms with Gasteiger partial charge in [0.05, 0.1) is 0 Å². The van der Waals surface area contributed by atoms with Crippen LogP contribution < -0.4 is 10.3 Å². The second-order valence-corrected chi connectivity index (χ2v) is 5.03. The number of hydrogen-bond acceptors (Lipinski definition) is 4. The van der Waals surface area contributed by atoms with Crippen LogP contribution in [0.15, 0.2) is 52.6 Å². The third-order valence-corrected chi connectivity index (χ3v) is 3.71. The van der Waals surface area contributed by atoms with Gasteiger partial charge in [-0.05, 0) is 5.10 Å². The zero-order valence-corrected chi connectivity index (χ0v) is 11.0. The van der Waals surface area contributed by atoms with Crippen LogP contribution in [0.25, 0.3) is 0 Å². The minimum Gasteiger partial charge on any atom is -0.363 e. The molecule has 1 aromatic rings. The summed E-state index contributed by atoms with van der Waals surface area (Å²) >= 11 is 3.45. The number of quaternary nitrogens is 1. The first-order chi connectivity index (χ1) is 8.64. The van der Waals surface area contributed by atoms with Crippen molar-refractivity contribution < 1.29 is 0 Å². The van der Waals surface area contributed by atoms with Gasteiger partial charge in [-0.2, -0.15) is 4.99 Å². The van der Waals surface area contributed by atoms with Crippen molar-refractivity contribution >= 4 is 39.2 Å². The Hall–Kier alpha value is -1.79. The normalized spacial score (nSPS) is 29.8. The lowest BCUT2D eigenvalue weighted by molar-refractivity contribution is 0.627. The highest BCUT2D eigenvalue weighted by Crippen LogP contribution is 2.34. The predicted molar refractivity (Wildman–Crippen MR) is 76.9 cm³/mol. The number of hydrogen-bond donors (Lipinski definition) is 2. The summed E-state index contributed by atoms with van der Waals surface area (Å²) in [6, 6.07) is 9.60. The summed E-state index contributed by atoms with van der Waals surface area (Å²) in [4.78, 5) is 4.04. The molecule has 0 spiro atoms.